The topological polar surface area (TPSA) is 75.5 Å². The summed E-state index contributed by atoms with van der Waals surface area (Å²) in [5, 5.41) is 8.25. The number of benzene rings is 3. The Labute approximate surface area is 192 Å². The monoisotopic (exact) mass is 438 g/mol. The summed E-state index contributed by atoms with van der Waals surface area (Å²) in [5.41, 5.74) is 7.14. The van der Waals surface area contributed by atoms with Gasteiger partial charge in [0.1, 0.15) is 0 Å². The summed E-state index contributed by atoms with van der Waals surface area (Å²) < 4.78 is 2.10. The Kier molecular flexibility index (Phi) is 6.64. The molecule has 0 saturated heterocycles. The molecule has 4 rings (SSSR count). The Hall–Kier alpha value is -4.19. The number of hydrogen-bond donors (Lipinski definition) is 2. The molecule has 0 unspecified atom stereocenters. The number of rotatable bonds is 7. The van der Waals surface area contributed by atoms with Crippen LogP contribution in [0, 0.1) is 6.92 Å². The molecule has 6 nitrogen and oxygen atoms in total. The molecule has 0 aliphatic heterocycles. The second kappa shape index (κ2) is 9.96. The molecular weight excluding hydrogens is 412 g/mol. The molecule has 2 amide bonds. The van der Waals surface area contributed by atoms with Crippen LogP contribution in [0.5, 0.6) is 0 Å². The fourth-order valence-corrected chi connectivity index (χ4v) is 3.88. The summed E-state index contributed by atoms with van der Waals surface area (Å²) in [6.07, 6.45) is 1.74. The van der Waals surface area contributed by atoms with E-state index in [9.17, 15) is 9.59 Å². The van der Waals surface area contributed by atoms with Gasteiger partial charge >= 0.3 is 0 Å². The van der Waals surface area contributed by atoms with Crippen LogP contribution in [0.2, 0.25) is 0 Å². The third kappa shape index (κ3) is 5.01. The van der Waals surface area contributed by atoms with Gasteiger partial charge in [-0.05, 0) is 30.7 Å². The van der Waals surface area contributed by atoms with Crippen LogP contribution in [0.1, 0.15) is 39.6 Å². The standard InChI is InChI=1S/C27H26N4O2/c1-19-23(22-15-9-10-16-25(22)31(19)2)18-28-30-26(32)17-24(20-11-5-3-6-12-20)29-27(33)21-13-7-4-8-14-21/h3-16,18,24H,17H2,1-2H3,(H,29,33)(H,30,32)/b28-18-/t24-/m0/s1. The molecular formula is C27H26N4O2. The van der Waals surface area contributed by atoms with Gasteiger partial charge in [0.15, 0.2) is 0 Å². The second-order valence-electron chi connectivity index (χ2n) is 7.88. The van der Waals surface area contributed by atoms with Gasteiger partial charge in [0.2, 0.25) is 5.91 Å². The van der Waals surface area contributed by atoms with E-state index in [0.29, 0.717) is 5.56 Å². The van der Waals surface area contributed by atoms with Crippen molar-refractivity contribution in [1.29, 1.82) is 0 Å². The van der Waals surface area contributed by atoms with Crippen LogP contribution in [0.4, 0.5) is 0 Å². The number of hydrazone groups is 1. The van der Waals surface area contributed by atoms with Gasteiger partial charge in [0.25, 0.3) is 5.91 Å². The predicted octanol–water partition coefficient (Wildman–Crippen LogP) is 4.50. The van der Waals surface area contributed by atoms with Gasteiger partial charge in [-0.3, -0.25) is 9.59 Å². The van der Waals surface area contributed by atoms with Crippen molar-refractivity contribution in [1.82, 2.24) is 15.3 Å². The average molecular weight is 439 g/mol. The van der Waals surface area contributed by atoms with E-state index in [1.165, 1.54) is 0 Å². The number of aromatic nitrogens is 1. The first-order chi connectivity index (χ1) is 16.0. The van der Waals surface area contributed by atoms with E-state index < -0.39 is 6.04 Å². The molecule has 0 saturated carbocycles. The van der Waals surface area contributed by atoms with E-state index in [2.05, 4.69) is 26.5 Å². The SMILES string of the molecule is Cc1c(/C=N\NC(=O)C[C@H](NC(=O)c2ccccc2)c2ccccc2)c2ccccc2n1C. The van der Waals surface area contributed by atoms with E-state index in [0.717, 1.165) is 27.7 Å². The minimum absolute atomic E-state index is 0.0639. The molecule has 4 aromatic rings. The van der Waals surface area contributed by atoms with Crippen LogP contribution < -0.4 is 10.7 Å². The van der Waals surface area contributed by atoms with Crippen LogP contribution in [0.15, 0.2) is 90.0 Å². The van der Waals surface area contributed by atoms with Gasteiger partial charge in [-0.15, -0.1) is 0 Å². The highest BCUT2D eigenvalue weighted by Gasteiger charge is 2.19. The number of fused-ring (bicyclic) bond motifs is 1. The number of amides is 2. The first-order valence-electron chi connectivity index (χ1n) is 10.8. The van der Waals surface area contributed by atoms with Gasteiger partial charge in [-0.1, -0.05) is 66.7 Å². The predicted molar refractivity (Wildman–Crippen MR) is 131 cm³/mol. The number of nitrogens with one attached hydrogen (secondary N) is 2. The lowest BCUT2D eigenvalue weighted by atomic mass is 10.0. The lowest BCUT2D eigenvalue weighted by Crippen LogP contribution is -2.32. The zero-order chi connectivity index (χ0) is 23.2. The van der Waals surface area contributed by atoms with Gasteiger partial charge in [-0.2, -0.15) is 5.10 Å². The van der Waals surface area contributed by atoms with E-state index >= 15 is 0 Å². The molecule has 1 aromatic heterocycles. The van der Waals surface area contributed by atoms with Crippen LogP contribution in [-0.2, 0) is 11.8 Å². The van der Waals surface area contributed by atoms with Gasteiger partial charge < -0.3 is 9.88 Å². The fourth-order valence-electron chi connectivity index (χ4n) is 3.88. The highest BCUT2D eigenvalue weighted by atomic mass is 16.2. The van der Waals surface area contributed by atoms with E-state index in [1.54, 1.807) is 18.3 Å². The Morgan fingerprint density at radius 3 is 2.30 bits per heavy atom. The Bertz CT molecular complexity index is 1290. The van der Waals surface area contributed by atoms with Crippen molar-refractivity contribution < 1.29 is 9.59 Å². The molecule has 3 aromatic carbocycles. The maximum absolute atomic E-state index is 12.7. The summed E-state index contributed by atoms with van der Waals surface area (Å²) in [6, 6.07) is 26.0. The molecule has 0 fully saturated rings. The van der Waals surface area contributed by atoms with Gasteiger partial charge in [0.05, 0.1) is 18.7 Å². The fraction of sp³-hybridized carbons (Fsp3) is 0.148. The van der Waals surface area contributed by atoms with Crippen molar-refractivity contribution in [3.8, 4) is 0 Å². The van der Waals surface area contributed by atoms with E-state index in [1.807, 2.05) is 80.7 Å². The molecule has 0 radical (unpaired) electrons. The molecule has 1 atom stereocenters. The molecule has 0 spiro atoms. The van der Waals surface area contributed by atoms with Crippen molar-refractivity contribution >= 4 is 28.9 Å². The molecule has 2 N–H and O–H groups in total. The highest BCUT2D eigenvalue weighted by Crippen LogP contribution is 2.23. The first-order valence-corrected chi connectivity index (χ1v) is 10.8. The van der Waals surface area contributed by atoms with Crippen LogP contribution in [0.3, 0.4) is 0 Å². The van der Waals surface area contributed by atoms with Crippen LogP contribution in [-0.4, -0.2) is 22.6 Å². The van der Waals surface area contributed by atoms with Gasteiger partial charge in [0, 0.05) is 34.8 Å². The Morgan fingerprint density at radius 1 is 0.939 bits per heavy atom. The molecule has 166 valence electrons. The molecule has 1 heterocycles. The quantitative estimate of drug-likeness (QED) is 0.329. The Balaban J connectivity index is 1.47. The second-order valence-corrected chi connectivity index (χ2v) is 7.88. The zero-order valence-electron chi connectivity index (χ0n) is 18.7. The number of carbonyl (C=O) groups excluding carboxylic acids is 2. The van der Waals surface area contributed by atoms with E-state index in [4.69, 9.17) is 0 Å². The average Bonchev–Trinajstić information content (AvgIpc) is 3.09. The third-order valence-corrected chi connectivity index (χ3v) is 5.76. The number of para-hydroxylation sites is 1. The summed E-state index contributed by atoms with van der Waals surface area (Å²) in [5.74, 6) is -0.515. The Morgan fingerprint density at radius 2 is 1.58 bits per heavy atom. The first kappa shape index (κ1) is 22.0. The maximum Gasteiger partial charge on any atom is 0.251 e. The van der Waals surface area contributed by atoms with E-state index in [-0.39, 0.29) is 18.2 Å². The minimum atomic E-state index is -0.478. The largest absolute Gasteiger partial charge is 0.347 e. The number of carbonyl (C=O) groups is 2. The number of aryl methyl sites for hydroxylation is 1. The van der Waals surface area contributed by atoms with Crippen molar-refractivity contribution in [2.75, 3.05) is 0 Å². The highest BCUT2D eigenvalue weighted by molar-refractivity contribution is 6.01. The number of hydrogen-bond acceptors (Lipinski definition) is 3. The van der Waals surface area contributed by atoms with Gasteiger partial charge in [-0.25, -0.2) is 5.43 Å². The summed E-state index contributed by atoms with van der Waals surface area (Å²) in [4.78, 5) is 25.4. The molecule has 0 bridgehead atoms. The zero-order valence-corrected chi connectivity index (χ0v) is 18.7. The molecule has 33 heavy (non-hydrogen) atoms. The lowest BCUT2D eigenvalue weighted by molar-refractivity contribution is -0.121. The maximum atomic E-state index is 12.7. The lowest BCUT2D eigenvalue weighted by Gasteiger charge is -2.18. The number of nitrogens with zero attached hydrogens (tertiary/aromatic N) is 2. The summed E-state index contributed by atoms with van der Waals surface area (Å²) >= 11 is 0. The molecule has 0 aliphatic rings. The van der Waals surface area contributed by atoms with Crippen LogP contribution in [0.25, 0.3) is 10.9 Å². The molecule has 6 heteroatoms. The van der Waals surface area contributed by atoms with Crippen LogP contribution >= 0.6 is 0 Å². The normalized spacial score (nSPS) is 12.1. The molecule has 0 aliphatic carbocycles. The minimum Gasteiger partial charge on any atom is -0.347 e. The summed E-state index contributed by atoms with van der Waals surface area (Å²) in [6.45, 7) is 2.02. The third-order valence-electron chi connectivity index (χ3n) is 5.76. The van der Waals surface area contributed by atoms with Crippen molar-refractivity contribution in [3.63, 3.8) is 0 Å². The van der Waals surface area contributed by atoms with Crippen molar-refractivity contribution in [2.24, 2.45) is 12.1 Å². The van der Waals surface area contributed by atoms with Crippen molar-refractivity contribution in [2.45, 2.75) is 19.4 Å². The summed E-state index contributed by atoms with van der Waals surface area (Å²) in [7, 11) is 2.01. The smallest absolute Gasteiger partial charge is 0.251 e. The van der Waals surface area contributed by atoms with Crippen molar-refractivity contribution in [3.05, 3.63) is 107 Å².